The molecule has 2 aromatic heterocycles. The molecule has 27 heavy (non-hydrogen) atoms. The highest BCUT2D eigenvalue weighted by Gasteiger charge is 2.26. The van der Waals surface area contributed by atoms with Gasteiger partial charge in [-0.2, -0.15) is 19.6 Å². The molecule has 2 amide bonds. The SMILES string of the molecule is O=C1C/C(=C\c2cnn3c(NC4CC4)nc(NN4CCCC4)nc23)C(=O)N1. The van der Waals surface area contributed by atoms with Gasteiger partial charge >= 0.3 is 0 Å². The molecule has 0 aromatic carbocycles. The summed E-state index contributed by atoms with van der Waals surface area (Å²) in [6.45, 7) is 1.91. The van der Waals surface area contributed by atoms with Gasteiger partial charge in [0.2, 0.25) is 17.8 Å². The maximum absolute atomic E-state index is 11.9. The molecule has 2 saturated heterocycles. The van der Waals surface area contributed by atoms with Crippen molar-refractivity contribution in [2.75, 3.05) is 23.8 Å². The summed E-state index contributed by atoms with van der Waals surface area (Å²) in [6.07, 6.45) is 7.92. The molecule has 2 aromatic rings. The Kier molecular flexibility index (Phi) is 3.78. The molecule has 0 unspecified atom stereocenters. The number of carbonyl (C=O) groups excluding carboxylic acids is 2. The van der Waals surface area contributed by atoms with Crippen LogP contribution >= 0.6 is 0 Å². The van der Waals surface area contributed by atoms with Crippen LogP contribution in [0.4, 0.5) is 11.9 Å². The molecule has 5 rings (SSSR count). The van der Waals surface area contributed by atoms with E-state index in [2.05, 4.69) is 36.1 Å². The van der Waals surface area contributed by atoms with E-state index >= 15 is 0 Å². The van der Waals surface area contributed by atoms with Crippen LogP contribution in [0.25, 0.3) is 11.7 Å². The Labute approximate surface area is 155 Å². The number of anilines is 2. The third-order valence-electron chi connectivity index (χ3n) is 4.90. The largest absolute Gasteiger partial charge is 0.351 e. The number of hydrogen-bond donors (Lipinski definition) is 3. The number of rotatable bonds is 5. The average molecular weight is 368 g/mol. The molecule has 0 spiro atoms. The summed E-state index contributed by atoms with van der Waals surface area (Å²) < 4.78 is 1.65. The average Bonchev–Trinajstić information content (AvgIpc) is 3.01. The highest BCUT2D eigenvalue weighted by molar-refractivity contribution is 6.15. The standard InChI is InChI=1S/C17H20N8O2/c26-13-8-10(15(27)20-13)7-11-9-18-25-14(11)21-16(23-24-5-1-2-6-24)22-17(25)19-12-3-4-12/h7,9,12H,1-6,8H2,(H,20,26,27)(H2,19,21,22,23)/b10-7+. The lowest BCUT2D eigenvalue weighted by Gasteiger charge is -2.17. The van der Waals surface area contributed by atoms with Gasteiger partial charge in [-0.1, -0.05) is 0 Å². The molecule has 0 bridgehead atoms. The first-order chi connectivity index (χ1) is 13.2. The molecule has 0 radical (unpaired) electrons. The highest BCUT2D eigenvalue weighted by Crippen LogP contribution is 2.26. The van der Waals surface area contributed by atoms with Crippen LogP contribution in [0.3, 0.4) is 0 Å². The van der Waals surface area contributed by atoms with Crippen molar-refractivity contribution in [2.24, 2.45) is 0 Å². The van der Waals surface area contributed by atoms with E-state index in [9.17, 15) is 9.59 Å². The van der Waals surface area contributed by atoms with Gasteiger partial charge < -0.3 is 5.32 Å². The Balaban J connectivity index is 1.54. The van der Waals surface area contributed by atoms with E-state index in [1.165, 1.54) is 0 Å². The van der Waals surface area contributed by atoms with Crippen molar-refractivity contribution >= 4 is 35.4 Å². The summed E-state index contributed by atoms with van der Waals surface area (Å²) in [6, 6.07) is 0.409. The Morgan fingerprint density at radius 3 is 2.70 bits per heavy atom. The highest BCUT2D eigenvalue weighted by atomic mass is 16.2. The summed E-state index contributed by atoms with van der Waals surface area (Å²) in [7, 11) is 0. The molecule has 1 saturated carbocycles. The van der Waals surface area contributed by atoms with Crippen LogP contribution in [0.1, 0.15) is 37.7 Å². The van der Waals surface area contributed by atoms with E-state index in [0.29, 0.717) is 34.7 Å². The lowest BCUT2D eigenvalue weighted by atomic mass is 10.1. The predicted octanol–water partition coefficient (Wildman–Crippen LogP) is 0.551. The topological polar surface area (TPSA) is 117 Å². The van der Waals surface area contributed by atoms with E-state index in [1.54, 1.807) is 16.8 Å². The fraction of sp³-hybridized carbons (Fsp3) is 0.471. The Hall–Kier alpha value is -3.01. The normalized spacial score (nSPS) is 22.0. The van der Waals surface area contributed by atoms with Crippen molar-refractivity contribution in [3.63, 3.8) is 0 Å². The lowest BCUT2D eigenvalue weighted by Crippen LogP contribution is -2.28. The van der Waals surface area contributed by atoms with E-state index in [1.807, 2.05) is 0 Å². The summed E-state index contributed by atoms with van der Waals surface area (Å²) >= 11 is 0. The smallest absolute Gasteiger partial charge is 0.254 e. The first-order valence-corrected chi connectivity index (χ1v) is 9.24. The van der Waals surface area contributed by atoms with Crippen molar-refractivity contribution in [1.82, 2.24) is 29.9 Å². The van der Waals surface area contributed by atoms with Crippen LogP contribution in [0.15, 0.2) is 11.8 Å². The number of hydrogen-bond acceptors (Lipinski definition) is 8. The van der Waals surface area contributed by atoms with Gasteiger partial charge in [0.15, 0.2) is 5.65 Å². The summed E-state index contributed by atoms with van der Waals surface area (Å²) in [4.78, 5) is 32.5. The minimum absolute atomic E-state index is 0.0767. The van der Waals surface area contributed by atoms with Crippen LogP contribution in [0, 0.1) is 0 Å². The predicted molar refractivity (Wildman–Crippen MR) is 97.6 cm³/mol. The molecule has 1 aliphatic carbocycles. The molecular weight excluding hydrogens is 348 g/mol. The fourth-order valence-electron chi connectivity index (χ4n) is 3.33. The summed E-state index contributed by atoms with van der Waals surface area (Å²) in [5, 5.41) is 12.2. The van der Waals surface area contributed by atoms with Crippen LogP contribution in [-0.4, -0.2) is 55.5 Å². The van der Waals surface area contributed by atoms with E-state index in [-0.39, 0.29) is 18.2 Å². The van der Waals surface area contributed by atoms with Gasteiger partial charge in [-0.05, 0) is 31.8 Å². The molecule has 10 heteroatoms. The maximum Gasteiger partial charge on any atom is 0.254 e. The second-order valence-corrected chi connectivity index (χ2v) is 7.15. The number of nitrogens with one attached hydrogen (secondary N) is 3. The number of carbonyl (C=O) groups is 2. The molecule has 3 aliphatic rings. The zero-order chi connectivity index (χ0) is 18.4. The van der Waals surface area contributed by atoms with Crippen LogP contribution < -0.4 is 16.1 Å². The summed E-state index contributed by atoms with van der Waals surface area (Å²) in [5.41, 5.74) is 4.96. The molecule has 3 fully saturated rings. The second-order valence-electron chi connectivity index (χ2n) is 7.15. The third kappa shape index (κ3) is 3.23. The molecule has 3 N–H and O–H groups in total. The summed E-state index contributed by atoms with van der Waals surface area (Å²) in [5.74, 6) is 0.477. The number of nitrogens with zero attached hydrogens (tertiary/aromatic N) is 5. The molecule has 0 atom stereocenters. The minimum Gasteiger partial charge on any atom is -0.351 e. The van der Waals surface area contributed by atoms with Gasteiger partial charge in [0, 0.05) is 30.3 Å². The third-order valence-corrected chi connectivity index (χ3v) is 4.90. The molecule has 4 heterocycles. The van der Waals surface area contributed by atoms with Crippen molar-refractivity contribution in [1.29, 1.82) is 0 Å². The first-order valence-electron chi connectivity index (χ1n) is 9.24. The maximum atomic E-state index is 11.9. The van der Waals surface area contributed by atoms with Gasteiger partial charge in [-0.3, -0.25) is 20.3 Å². The van der Waals surface area contributed by atoms with Crippen LogP contribution in [0.2, 0.25) is 0 Å². The number of aromatic nitrogens is 4. The van der Waals surface area contributed by atoms with E-state index in [4.69, 9.17) is 0 Å². The van der Waals surface area contributed by atoms with Gasteiger partial charge in [-0.25, -0.2) is 5.01 Å². The zero-order valence-corrected chi connectivity index (χ0v) is 14.7. The fourth-order valence-corrected chi connectivity index (χ4v) is 3.33. The monoisotopic (exact) mass is 368 g/mol. The Morgan fingerprint density at radius 1 is 1.19 bits per heavy atom. The first kappa shape index (κ1) is 16.2. The van der Waals surface area contributed by atoms with Gasteiger partial charge in [0.05, 0.1) is 12.6 Å². The number of hydrazine groups is 1. The quantitative estimate of drug-likeness (QED) is 0.518. The van der Waals surface area contributed by atoms with E-state index in [0.717, 1.165) is 38.8 Å². The zero-order valence-electron chi connectivity index (χ0n) is 14.7. The van der Waals surface area contributed by atoms with Crippen LogP contribution in [0.5, 0.6) is 0 Å². The number of imide groups is 1. The Morgan fingerprint density at radius 2 is 2.00 bits per heavy atom. The van der Waals surface area contributed by atoms with Crippen molar-refractivity contribution < 1.29 is 9.59 Å². The molecule has 140 valence electrons. The Bertz CT molecular complexity index is 955. The molecule has 10 nitrogen and oxygen atoms in total. The lowest BCUT2D eigenvalue weighted by molar-refractivity contribution is -0.124. The molecule has 2 aliphatic heterocycles. The van der Waals surface area contributed by atoms with Crippen molar-refractivity contribution in [2.45, 2.75) is 38.1 Å². The van der Waals surface area contributed by atoms with Crippen LogP contribution in [-0.2, 0) is 9.59 Å². The van der Waals surface area contributed by atoms with Crippen molar-refractivity contribution in [3.8, 4) is 0 Å². The van der Waals surface area contributed by atoms with E-state index < -0.39 is 0 Å². The van der Waals surface area contributed by atoms with Crippen molar-refractivity contribution in [3.05, 3.63) is 17.3 Å². The number of fused-ring (bicyclic) bond motifs is 1. The number of amides is 2. The van der Waals surface area contributed by atoms with Gasteiger partial charge in [0.25, 0.3) is 5.91 Å². The molecular formula is C17H20N8O2. The second kappa shape index (κ2) is 6.31. The van der Waals surface area contributed by atoms with Gasteiger partial charge in [0.1, 0.15) is 0 Å². The minimum atomic E-state index is -0.361. The van der Waals surface area contributed by atoms with Gasteiger partial charge in [-0.15, -0.1) is 0 Å².